The average molecular weight is 255 g/mol. The highest BCUT2D eigenvalue weighted by molar-refractivity contribution is 5.61. The van der Waals surface area contributed by atoms with Crippen molar-refractivity contribution < 1.29 is 4.92 Å². The highest BCUT2D eigenvalue weighted by Crippen LogP contribution is 2.32. The number of anilines is 2. The molecule has 2 aromatic rings. The van der Waals surface area contributed by atoms with E-state index in [1.54, 1.807) is 12.1 Å². The molecule has 1 heterocycles. The van der Waals surface area contributed by atoms with Crippen LogP contribution >= 0.6 is 0 Å². The summed E-state index contributed by atoms with van der Waals surface area (Å²) in [5, 5.41) is 17.3. The molecule has 0 saturated carbocycles. The van der Waals surface area contributed by atoms with Gasteiger partial charge in [-0.3, -0.25) is 10.1 Å². The standard InChI is InChI=1S/C14H13N3O2/c18-17(19)11-7-5-10(6-8-11)16-14-9-15-13-4-2-1-3-12(13)14/h1-8,14-16H,9H2. The lowest BCUT2D eigenvalue weighted by Gasteiger charge is -2.14. The molecule has 0 bridgehead atoms. The maximum atomic E-state index is 10.6. The van der Waals surface area contributed by atoms with Gasteiger partial charge in [-0.1, -0.05) is 18.2 Å². The Morgan fingerprint density at radius 3 is 2.63 bits per heavy atom. The minimum atomic E-state index is -0.393. The number of nitrogens with zero attached hydrogens (tertiary/aromatic N) is 1. The van der Waals surface area contributed by atoms with Crippen molar-refractivity contribution in [3.8, 4) is 0 Å². The van der Waals surface area contributed by atoms with Crippen LogP contribution in [-0.4, -0.2) is 11.5 Å². The van der Waals surface area contributed by atoms with E-state index in [0.29, 0.717) is 0 Å². The summed E-state index contributed by atoms with van der Waals surface area (Å²) < 4.78 is 0. The van der Waals surface area contributed by atoms with Crippen LogP contribution in [0.1, 0.15) is 11.6 Å². The zero-order chi connectivity index (χ0) is 13.2. The van der Waals surface area contributed by atoms with Gasteiger partial charge in [0.1, 0.15) is 0 Å². The maximum Gasteiger partial charge on any atom is 0.269 e. The molecule has 1 aliphatic rings. The Morgan fingerprint density at radius 1 is 1.16 bits per heavy atom. The smallest absolute Gasteiger partial charge is 0.269 e. The normalized spacial score (nSPS) is 16.5. The predicted molar refractivity (Wildman–Crippen MR) is 74.4 cm³/mol. The van der Waals surface area contributed by atoms with E-state index in [-0.39, 0.29) is 11.7 Å². The molecule has 1 atom stereocenters. The minimum Gasteiger partial charge on any atom is -0.382 e. The van der Waals surface area contributed by atoms with Gasteiger partial charge in [0.05, 0.1) is 11.0 Å². The Bertz CT molecular complexity index is 610. The molecular weight excluding hydrogens is 242 g/mol. The molecule has 0 amide bonds. The quantitative estimate of drug-likeness (QED) is 0.653. The number of fused-ring (bicyclic) bond motifs is 1. The molecule has 5 heteroatoms. The summed E-state index contributed by atoms with van der Waals surface area (Å²) in [7, 11) is 0. The average Bonchev–Trinajstić information content (AvgIpc) is 2.83. The van der Waals surface area contributed by atoms with Gasteiger partial charge in [-0.2, -0.15) is 0 Å². The lowest BCUT2D eigenvalue weighted by atomic mass is 10.1. The van der Waals surface area contributed by atoms with Gasteiger partial charge >= 0.3 is 0 Å². The Hall–Kier alpha value is -2.56. The van der Waals surface area contributed by atoms with Crippen molar-refractivity contribution in [1.82, 2.24) is 0 Å². The predicted octanol–water partition coefficient (Wildman–Crippen LogP) is 3.17. The van der Waals surface area contributed by atoms with Gasteiger partial charge in [0.25, 0.3) is 5.69 Å². The molecule has 2 aromatic carbocycles. The third-order valence-corrected chi connectivity index (χ3v) is 3.25. The second-order valence-electron chi connectivity index (χ2n) is 4.47. The molecule has 2 N–H and O–H groups in total. The zero-order valence-electron chi connectivity index (χ0n) is 10.2. The van der Waals surface area contributed by atoms with Gasteiger partial charge in [-0.05, 0) is 23.8 Å². The van der Waals surface area contributed by atoms with Crippen LogP contribution in [0, 0.1) is 10.1 Å². The summed E-state index contributed by atoms with van der Waals surface area (Å²) in [4.78, 5) is 10.2. The molecule has 0 aromatic heterocycles. The van der Waals surface area contributed by atoms with Gasteiger partial charge in [0.2, 0.25) is 0 Å². The van der Waals surface area contributed by atoms with Crippen LogP contribution in [0.25, 0.3) is 0 Å². The summed E-state index contributed by atoms with van der Waals surface area (Å²) in [6, 6.07) is 14.8. The third kappa shape index (κ3) is 2.22. The minimum absolute atomic E-state index is 0.107. The largest absolute Gasteiger partial charge is 0.382 e. The van der Waals surface area contributed by atoms with Gasteiger partial charge in [0.15, 0.2) is 0 Å². The number of hydrogen-bond acceptors (Lipinski definition) is 4. The summed E-state index contributed by atoms with van der Waals surface area (Å²) >= 11 is 0. The molecule has 0 aliphatic carbocycles. The van der Waals surface area contributed by atoms with Gasteiger partial charge < -0.3 is 10.6 Å². The number of para-hydroxylation sites is 1. The Labute approximate surface area is 110 Å². The molecular formula is C14H13N3O2. The van der Waals surface area contributed by atoms with Crippen molar-refractivity contribution in [3.05, 3.63) is 64.2 Å². The van der Waals surface area contributed by atoms with E-state index >= 15 is 0 Å². The number of nitro groups is 1. The number of nitrogens with one attached hydrogen (secondary N) is 2. The second-order valence-corrected chi connectivity index (χ2v) is 4.47. The third-order valence-electron chi connectivity index (χ3n) is 3.25. The van der Waals surface area contributed by atoms with Crippen LogP contribution in [0.15, 0.2) is 48.5 Å². The van der Waals surface area contributed by atoms with Crippen LogP contribution in [0.3, 0.4) is 0 Å². The number of nitro benzene ring substituents is 1. The Kier molecular flexibility index (Phi) is 2.79. The lowest BCUT2D eigenvalue weighted by Crippen LogP contribution is -2.12. The van der Waals surface area contributed by atoms with Crippen molar-refractivity contribution in [1.29, 1.82) is 0 Å². The maximum absolute atomic E-state index is 10.6. The molecule has 5 nitrogen and oxygen atoms in total. The van der Waals surface area contributed by atoms with Crippen LogP contribution in [-0.2, 0) is 0 Å². The van der Waals surface area contributed by atoms with E-state index in [2.05, 4.69) is 16.7 Å². The first-order valence-corrected chi connectivity index (χ1v) is 6.08. The van der Waals surface area contributed by atoms with Crippen molar-refractivity contribution >= 4 is 17.1 Å². The molecule has 3 rings (SSSR count). The fraction of sp³-hybridized carbons (Fsp3) is 0.143. The van der Waals surface area contributed by atoms with E-state index in [9.17, 15) is 10.1 Å². The SMILES string of the molecule is O=[N+]([O-])c1ccc(NC2CNc3ccccc32)cc1. The van der Waals surface area contributed by atoms with Crippen LogP contribution < -0.4 is 10.6 Å². The summed E-state index contributed by atoms with van der Waals surface area (Å²) in [5.41, 5.74) is 3.35. The molecule has 19 heavy (non-hydrogen) atoms. The van der Waals surface area contributed by atoms with Crippen LogP contribution in [0.5, 0.6) is 0 Å². The number of rotatable bonds is 3. The number of hydrogen-bond donors (Lipinski definition) is 2. The lowest BCUT2D eigenvalue weighted by molar-refractivity contribution is -0.384. The van der Waals surface area contributed by atoms with Gasteiger partial charge in [-0.25, -0.2) is 0 Å². The van der Waals surface area contributed by atoms with Gasteiger partial charge in [0, 0.05) is 30.1 Å². The van der Waals surface area contributed by atoms with Crippen molar-refractivity contribution in [2.45, 2.75) is 6.04 Å². The fourth-order valence-electron chi connectivity index (χ4n) is 2.29. The topological polar surface area (TPSA) is 67.2 Å². The first-order valence-electron chi connectivity index (χ1n) is 6.08. The molecule has 1 unspecified atom stereocenters. The van der Waals surface area contributed by atoms with Crippen molar-refractivity contribution in [3.63, 3.8) is 0 Å². The number of non-ortho nitro benzene ring substituents is 1. The monoisotopic (exact) mass is 255 g/mol. The van der Waals surface area contributed by atoms with Crippen molar-refractivity contribution in [2.24, 2.45) is 0 Å². The first-order chi connectivity index (χ1) is 9.24. The Morgan fingerprint density at radius 2 is 1.89 bits per heavy atom. The molecule has 1 aliphatic heterocycles. The molecule has 0 saturated heterocycles. The number of benzene rings is 2. The van der Waals surface area contributed by atoms with E-state index in [0.717, 1.165) is 17.9 Å². The molecule has 0 spiro atoms. The van der Waals surface area contributed by atoms with Crippen LogP contribution in [0.4, 0.5) is 17.1 Å². The molecule has 0 radical (unpaired) electrons. The summed E-state index contributed by atoms with van der Waals surface area (Å²) in [6.45, 7) is 0.816. The summed E-state index contributed by atoms with van der Waals surface area (Å²) in [5.74, 6) is 0. The Balaban J connectivity index is 1.78. The first kappa shape index (κ1) is 11.5. The highest BCUT2D eigenvalue weighted by Gasteiger charge is 2.21. The highest BCUT2D eigenvalue weighted by atomic mass is 16.6. The zero-order valence-corrected chi connectivity index (χ0v) is 10.2. The van der Waals surface area contributed by atoms with E-state index in [1.807, 2.05) is 18.2 Å². The molecule has 0 fully saturated rings. The van der Waals surface area contributed by atoms with E-state index in [4.69, 9.17) is 0 Å². The second kappa shape index (κ2) is 4.61. The van der Waals surface area contributed by atoms with Gasteiger partial charge in [-0.15, -0.1) is 0 Å². The van der Waals surface area contributed by atoms with Crippen LogP contribution in [0.2, 0.25) is 0 Å². The van der Waals surface area contributed by atoms with E-state index < -0.39 is 4.92 Å². The fourth-order valence-corrected chi connectivity index (χ4v) is 2.29. The molecule has 96 valence electrons. The van der Waals surface area contributed by atoms with Crippen molar-refractivity contribution in [2.75, 3.05) is 17.2 Å². The summed E-state index contributed by atoms with van der Waals surface area (Å²) in [6.07, 6.45) is 0. The van der Waals surface area contributed by atoms with E-state index in [1.165, 1.54) is 17.7 Å².